The minimum atomic E-state index is -0.0694. The molecule has 0 bridgehead atoms. The molecule has 2 aromatic rings. The van der Waals surface area contributed by atoms with E-state index in [0.29, 0.717) is 32.5 Å². The van der Waals surface area contributed by atoms with Gasteiger partial charge in [-0.05, 0) is 42.7 Å². The predicted molar refractivity (Wildman–Crippen MR) is 104 cm³/mol. The Morgan fingerprint density at radius 1 is 1.19 bits per heavy atom. The number of aryl methyl sites for hydroxylation is 1. The van der Waals surface area contributed by atoms with E-state index in [1.807, 2.05) is 30.3 Å². The Labute approximate surface area is 159 Å². The highest BCUT2D eigenvalue weighted by Crippen LogP contribution is 2.17. The Bertz CT molecular complexity index is 762. The van der Waals surface area contributed by atoms with Gasteiger partial charge in [-0.25, -0.2) is 0 Å². The normalized spacial score (nSPS) is 14.3. The third kappa shape index (κ3) is 5.06. The van der Waals surface area contributed by atoms with E-state index in [0.717, 1.165) is 23.4 Å². The molecule has 0 aliphatic carbocycles. The summed E-state index contributed by atoms with van der Waals surface area (Å²) >= 11 is 0. The number of rotatable bonds is 7. The molecule has 1 saturated heterocycles. The highest BCUT2D eigenvalue weighted by molar-refractivity contribution is 5.97. The number of aromatic nitrogens is 1. The predicted octanol–water partition coefficient (Wildman–Crippen LogP) is 2.68. The number of nitrogens with zero attached hydrogens (tertiary/aromatic N) is 3. The summed E-state index contributed by atoms with van der Waals surface area (Å²) in [5.41, 5.74) is 1.87. The van der Waals surface area contributed by atoms with Gasteiger partial charge in [-0.15, -0.1) is 0 Å². The summed E-state index contributed by atoms with van der Waals surface area (Å²) in [7, 11) is 0. The third-order valence-corrected chi connectivity index (χ3v) is 4.55. The number of hydrogen-bond acceptors (Lipinski definition) is 4. The van der Waals surface area contributed by atoms with Gasteiger partial charge >= 0.3 is 0 Å². The number of hydrogen-bond donors (Lipinski definition) is 0. The fourth-order valence-corrected chi connectivity index (χ4v) is 3.05. The number of amides is 2. The molecular weight excluding hydrogens is 342 g/mol. The lowest BCUT2D eigenvalue weighted by Crippen LogP contribution is -2.52. The van der Waals surface area contributed by atoms with Crippen LogP contribution >= 0.6 is 0 Å². The maximum absolute atomic E-state index is 12.5. The number of ether oxygens (including phenoxy) is 1. The molecule has 0 atom stereocenters. The zero-order valence-corrected chi connectivity index (χ0v) is 15.6. The maximum Gasteiger partial charge on any atom is 0.246 e. The van der Waals surface area contributed by atoms with E-state index in [4.69, 9.17) is 4.74 Å². The Hall–Kier alpha value is -2.89. The van der Waals surface area contributed by atoms with Crippen LogP contribution in [0.5, 0.6) is 5.75 Å². The van der Waals surface area contributed by atoms with E-state index in [1.165, 1.54) is 0 Å². The topological polar surface area (TPSA) is 62.7 Å². The minimum absolute atomic E-state index is 0.0143. The molecule has 142 valence electrons. The van der Waals surface area contributed by atoms with Crippen LogP contribution in [0.2, 0.25) is 0 Å². The molecule has 2 heterocycles. The molecule has 1 fully saturated rings. The van der Waals surface area contributed by atoms with Crippen LogP contribution in [0.15, 0.2) is 48.8 Å². The summed E-state index contributed by atoms with van der Waals surface area (Å²) in [6.45, 7) is 3.94. The lowest BCUT2D eigenvalue weighted by Gasteiger charge is -2.34. The van der Waals surface area contributed by atoms with E-state index in [1.54, 1.807) is 28.3 Å². The third-order valence-electron chi connectivity index (χ3n) is 4.55. The van der Waals surface area contributed by atoms with Gasteiger partial charge in [0.1, 0.15) is 12.3 Å². The number of carbonyl (C=O) groups excluding carboxylic acids is 2. The summed E-state index contributed by atoms with van der Waals surface area (Å²) in [6.07, 6.45) is 5.38. The van der Waals surface area contributed by atoms with Gasteiger partial charge in [0.05, 0.1) is 18.5 Å². The van der Waals surface area contributed by atoms with E-state index in [-0.39, 0.29) is 18.4 Å². The van der Waals surface area contributed by atoms with Gasteiger partial charge in [0, 0.05) is 25.7 Å². The quantitative estimate of drug-likeness (QED) is 0.755. The molecular formula is C21H25N3O3. The van der Waals surface area contributed by atoms with Crippen LogP contribution in [0.3, 0.4) is 0 Å². The molecule has 0 radical (unpaired) electrons. The molecule has 3 rings (SSSR count). The molecule has 6 heteroatoms. The lowest BCUT2D eigenvalue weighted by atomic mass is 10.1. The molecule has 1 aliphatic heterocycles. The van der Waals surface area contributed by atoms with E-state index in [2.05, 4.69) is 11.9 Å². The van der Waals surface area contributed by atoms with Gasteiger partial charge in [0.15, 0.2) is 0 Å². The van der Waals surface area contributed by atoms with Crippen molar-refractivity contribution in [3.8, 4) is 5.75 Å². The van der Waals surface area contributed by atoms with Gasteiger partial charge in [0.25, 0.3) is 0 Å². The molecule has 0 saturated carbocycles. The zero-order chi connectivity index (χ0) is 19.1. The molecule has 1 aromatic carbocycles. The highest BCUT2D eigenvalue weighted by atomic mass is 16.5. The van der Waals surface area contributed by atoms with Crippen molar-refractivity contribution in [2.45, 2.75) is 26.2 Å². The SMILES string of the molecule is CCCOc1ccc(CCC(=O)N2CCN(c3cccnc3)C(=O)C2)cc1. The molecule has 1 aliphatic rings. The first-order chi connectivity index (χ1) is 13.2. The van der Waals surface area contributed by atoms with Crippen molar-refractivity contribution >= 4 is 17.5 Å². The second-order valence-corrected chi connectivity index (χ2v) is 6.56. The summed E-state index contributed by atoms with van der Waals surface area (Å²) in [5, 5.41) is 0. The Balaban J connectivity index is 1.48. The number of pyridine rings is 1. The van der Waals surface area contributed by atoms with Gasteiger partial charge in [-0.2, -0.15) is 0 Å². The average molecular weight is 367 g/mol. The summed E-state index contributed by atoms with van der Waals surface area (Å²) < 4.78 is 5.57. The van der Waals surface area contributed by atoms with Gasteiger partial charge in [-0.3, -0.25) is 14.6 Å². The standard InChI is InChI=1S/C21H25N3O3/c1-2-14-27-19-8-5-17(6-9-19)7-10-20(25)23-12-13-24(21(26)16-23)18-4-3-11-22-15-18/h3-6,8-9,11,15H,2,7,10,12-14,16H2,1H3. The van der Waals surface area contributed by atoms with Crippen LogP contribution in [0, 0.1) is 0 Å². The van der Waals surface area contributed by atoms with Gasteiger partial charge in [0.2, 0.25) is 11.8 Å². The lowest BCUT2D eigenvalue weighted by molar-refractivity contribution is -0.136. The van der Waals surface area contributed by atoms with Crippen molar-refractivity contribution in [2.24, 2.45) is 0 Å². The second kappa shape index (κ2) is 9.16. The fraction of sp³-hybridized carbons (Fsp3) is 0.381. The van der Waals surface area contributed by atoms with Gasteiger partial charge in [-0.1, -0.05) is 19.1 Å². The molecule has 2 amide bonds. The minimum Gasteiger partial charge on any atom is -0.494 e. The van der Waals surface area contributed by atoms with Crippen LogP contribution in [0.25, 0.3) is 0 Å². The Morgan fingerprint density at radius 3 is 2.67 bits per heavy atom. The smallest absolute Gasteiger partial charge is 0.246 e. The first-order valence-corrected chi connectivity index (χ1v) is 9.37. The van der Waals surface area contributed by atoms with Crippen LogP contribution in [-0.2, 0) is 16.0 Å². The van der Waals surface area contributed by atoms with Crippen LogP contribution in [-0.4, -0.2) is 47.9 Å². The molecule has 27 heavy (non-hydrogen) atoms. The summed E-state index contributed by atoms with van der Waals surface area (Å²) in [6, 6.07) is 11.5. The van der Waals surface area contributed by atoms with Crippen molar-refractivity contribution in [3.05, 3.63) is 54.4 Å². The highest BCUT2D eigenvalue weighted by Gasteiger charge is 2.27. The molecule has 0 N–H and O–H groups in total. The first-order valence-electron chi connectivity index (χ1n) is 9.37. The monoisotopic (exact) mass is 367 g/mol. The largest absolute Gasteiger partial charge is 0.494 e. The summed E-state index contributed by atoms with van der Waals surface area (Å²) in [4.78, 5) is 32.3. The van der Waals surface area contributed by atoms with E-state index >= 15 is 0 Å². The number of piperazine rings is 1. The van der Waals surface area contributed by atoms with Crippen molar-refractivity contribution < 1.29 is 14.3 Å². The Morgan fingerprint density at radius 2 is 2.00 bits per heavy atom. The maximum atomic E-state index is 12.5. The zero-order valence-electron chi connectivity index (χ0n) is 15.6. The second-order valence-electron chi connectivity index (χ2n) is 6.56. The Kier molecular flexibility index (Phi) is 6.41. The van der Waals surface area contributed by atoms with Crippen molar-refractivity contribution in [1.82, 2.24) is 9.88 Å². The van der Waals surface area contributed by atoms with Gasteiger partial charge < -0.3 is 14.5 Å². The summed E-state index contributed by atoms with van der Waals surface area (Å²) in [5.74, 6) is 0.796. The van der Waals surface area contributed by atoms with E-state index in [9.17, 15) is 9.59 Å². The van der Waals surface area contributed by atoms with Crippen LogP contribution in [0.4, 0.5) is 5.69 Å². The number of benzene rings is 1. The van der Waals surface area contributed by atoms with E-state index < -0.39 is 0 Å². The van der Waals surface area contributed by atoms with Crippen LogP contribution < -0.4 is 9.64 Å². The van der Waals surface area contributed by atoms with Crippen molar-refractivity contribution in [1.29, 1.82) is 0 Å². The molecule has 0 spiro atoms. The van der Waals surface area contributed by atoms with Crippen molar-refractivity contribution in [3.63, 3.8) is 0 Å². The molecule has 0 unspecified atom stereocenters. The average Bonchev–Trinajstić information content (AvgIpc) is 2.71. The fourth-order valence-electron chi connectivity index (χ4n) is 3.05. The number of carbonyl (C=O) groups is 2. The van der Waals surface area contributed by atoms with Crippen molar-refractivity contribution in [2.75, 3.05) is 31.1 Å². The van der Waals surface area contributed by atoms with Crippen LogP contribution in [0.1, 0.15) is 25.3 Å². The molecule has 6 nitrogen and oxygen atoms in total. The molecule has 1 aromatic heterocycles. The number of anilines is 1. The first kappa shape index (κ1) is 18.9.